The number of hydrogen-bond acceptors (Lipinski definition) is 4. The van der Waals surface area contributed by atoms with Crippen molar-refractivity contribution in [2.75, 3.05) is 5.73 Å². The number of imidazole rings is 1. The zero-order chi connectivity index (χ0) is 14.2. The Morgan fingerprint density at radius 3 is 2.76 bits per heavy atom. The number of para-hydroxylation sites is 2. The summed E-state index contributed by atoms with van der Waals surface area (Å²) >= 11 is 1.60. The SMILES string of the molecule is Nc1cc(-c2nccs2)ccc1-c1nc2ccccc2[nH]1. The van der Waals surface area contributed by atoms with E-state index >= 15 is 0 Å². The largest absolute Gasteiger partial charge is 0.398 e. The van der Waals surface area contributed by atoms with Gasteiger partial charge in [0.25, 0.3) is 0 Å². The molecule has 21 heavy (non-hydrogen) atoms. The van der Waals surface area contributed by atoms with Crippen LogP contribution >= 0.6 is 11.3 Å². The molecule has 0 aliphatic rings. The van der Waals surface area contributed by atoms with Crippen molar-refractivity contribution in [3.8, 4) is 22.0 Å². The van der Waals surface area contributed by atoms with E-state index in [0.717, 1.165) is 33.0 Å². The minimum absolute atomic E-state index is 0.696. The maximum Gasteiger partial charge on any atom is 0.140 e. The molecular weight excluding hydrogens is 280 g/mol. The van der Waals surface area contributed by atoms with E-state index in [9.17, 15) is 0 Å². The molecular formula is C16H12N4S. The van der Waals surface area contributed by atoms with E-state index in [4.69, 9.17) is 5.73 Å². The summed E-state index contributed by atoms with van der Waals surface area (Å²) in [7, 11) is 0. The summed E-state index contributed by atoms with van der Waals surface area (Å²) in [5.41, 5.74) is 10.8. The van der Waals surface area contributed by atoms with Crippen LogP contribution in [0.25, 0.3) is 33.0 Å². The van der Waals surface area contributed by atoms with E-state index in [1.165, 1.54) is 0 Å². The fourth-order valence-electron chi connectivity index (χ4n) is 2.36. The molecule has 0 radical (unpaired) electrons. The van der Waals surface area contributed by atoms with Gasteiger partial charge in [0.15, 0.2) is 0 Å². The second kappa shape index (κ2) is 4.71. The van der Waals surface area contributed by atoms with Crippen molar-refractivity contribution in [3.63, 3.8) is 0 Å². The summed E-state index contributed by atoms with van der Waals surface area (Å²) in [6.07, 6.45) is 1.79. The molecule has 0 bridgehead atoms. The van der Waals surface area contributed by atoms with Crippen molar-refractivity contribution in [2.24, 2.45) is 0 Å². The molecule has 0 aliphatic carbocycles. The molecule has 0 amide bonds. The summed E-state index contributed by atoms with van der Waals surface area (Å²) in [5.74, 6) is 0.791. The van der Waals surface area contributed by atoms with Crippen LogP contribution in [0.15, 0.2) is 54.0 Å². The van der Waals surface area contributed by atoms with Gasteiger partial charge in [0.2, 0.25) is 0 Å². The molecule has 0 saturated carbocycles. The Morgan fingerprint density at radius 2 is 2.00 bits per heavy atom. The molecule has 4 rings (SSSR count). The molecule has 3 N–H and O–H groups in total. The number of thiazole rings is 1. The van der Waals surface area contributed by atoms with E-state index in [-0.39, 0.29) is 0 Å². The Balaban J connectivity index is 1.81. The van der Waals surface area contributed by atoms with Gasteiger partial charge in [0.1, 0.15) is 10.8 Å². The third kappa shape index (κ3) is 2.08. The summed E-state index contributed by atoms with van der Waals surface area (Å²) in [6.45, 7) is 0. The van der Waals surface area contributed by atoms with Crippen molar-refractivity contribution in [3.05, 3.63) is 54.0 Å². The number of nitrogen functional groups attached to an aromatic ring is 1. The highest BCUT2D eigenvalue weighted by atomic mass is 32.1. The first-order valence-corrected chi connectivity index (χ1v) is 7.44. The van der Waals surface area contributed by atoms with Crippen LogP contribution in [0.3, 0.4) is 0 Å². The van der Waals surface area contributed by atoms with Crippen molar-refractivity contribution in [1.82, 2.24) is 15.0 Å². The Kier molecular flexibility index (Phi) is 2.72. The lowest BCUT2D eigenvalue weighted by Crippen LogP contribution is -1.92. The van der Waals surface area contributed by atoms with E-state index in [0.29, 0.717) is 5.69 Å². The van der Waals surface area contributed by atoms with Crippen molar-refractivity contribution in [1.29, 1.82) is 0 Å². The number of nitrogens with two attached hydrogens (primary N) is 1. The average Bonchev–Trinajstić information content (AvgIpc) is 3.16. The number of rotatable bonds is 2. The number of H-pyrrole nitrogens is 1. The Hall–Kier alpha value is -2.66. The zero-order valence-electron chi connectivity index (χ0n) is 11.1. The van der Waals surface area contributed by atoms with Gasteiger partial charge < -0.3 is 10.7 Å². The fourth-order valence-corrected chi connectivity index (χ4v) is 2.99. The molecule has 0 atom stereocenters. The summed E-state index contributed by atoms with van der Waals surface area (Å²) in [5, 5.41) is 2.93. The van der Waals surface area contributed by atoms with Crippen LogP contribution in [0, 0.1) is 0 Å². The second-order valence-electron chi connectivity index (χ2n) is 4.74. The van der Waals surface area contributed by atoms with Gasteiger partial charge in [0, 0.05) is 28.4 Å². The number of aromatic amines is 1. The van der Waals surface area contributed by atoms with Gasteiger partial charge in [-0.1, -0.05) is 18.2 Å². The maximum atomic E-state index is 6.20. The second-order valence-corrected chi connectivity index (χ2v) is 5.64. The van der Waals surface area contributed by atoms with E-state index in [1.807, 2.05) is 47.8 Å². The van der Waals surface area contributed by atoms with Crippen LogP contribution in [-0.2, 0) is 0 Å². The van der Waals surface area contributed by atoms with Crippen LogP contribution < -0.4 is 5.73 Å². The Morgan fingerprint density at radius 1 is 1.10 bits per heavy atom. The number of aromatic nitrogens is 3. The van der Waals surface area contributed by atoms with Gasteiger partial charge in [0.05, 0.1) is 11.0 Å². The molecule has 0 saturated heterocycles. The third-order valence-corrected chi connectivity index (χ3v) is 4.20. The van der Waals surface area contributed by atoms with Gasteiger partial charge in [-0.25, -0.2) is 9.97 Å². The van der Waals surface area contributed by atoms with E-state index in [2.05, 4.69) is 15.0 Å². The normalized spacial score (nSPS) is 11.0. The van der Waals surface area contributed by atoms with Crippen LogP contribution in [0.2, 0.25) is 0 Å². The van der Waals surface area contributed by atoms with Crippen LogP contribution in [-0.4, -0.2) is 15.0 Å². The molecule has 0 aliphatic heterocycles. The van der Waals surface area contributed by atoms with Gasteiger partial charge in [-0.2, -0.15) is 0 Å². The summed E-state index contributed by atoms with van der Waals surface area (Å²) in [4.78, 5) is 12.2. The lowest BCUT2D eigenvalue weighted by atomic mass is 10.1. The number of nitrogens with one attached hydrogen (secondary N) is 1. The minimum atomic E-state index is 0.696. The maximum absolute atomic E-state index is 6.20. The van der Waals surface area contributed by atoms with E-state index < -0.39 is 0 Å². The molecule has 0 fully saturated rings. The molecule has 2 heterocycles. The Bertz CT molecular complexity index is 876. The first-order valence-electron chi connectivity index (χ1n) is 6.56. The smallest absolute Gasteiger partial charge is 0.140 e. The molecule has 0 unspecified atom stereocenters. The van der Waals surface area contributed by atoms with Crippen LogP contribution in [0.1, 0.15) is 0 Å². The van der Waals surface area contributed by atoms with Crippen LogP contribution in [0.4, 0.5) is 5.69 Å². The molecule has 0 spiro atoms. The topological polar surface area (TPSA) is 67.6 Å². The molecule has 2 aromatic heterocycles. The lowest BCUT2D eigenvalue weighted by molar-refractivity contribution is 1.33. The standard InChI is InChI=1S/C16H12N4S/c17-12-9-10(16-18-7-8-21-16)5-6-11(12)15-19-13-3-1-2-4-14(13)20-15/h1-9H,17H2,(H,19,20). The highest BCUT2D eigenvalue weighted by Gasteiger charge is 2.10. The quantitative estimate of drug-likeness (QED) is 0.550. The predicted octanol–water partition coefficient (Wildman–Crippen LogP) is 3.94. The molecule has 102 valence electrons. The average molecular weight is 292 g/mol. The molecule has 5 heteroatoms. The van der Waals surface area contributed by atoms with Gasteiger partial charge in [-0.15, -0.1) is 11.3 Å². The predicted molar refractivity (Wildman–Crippen MR) is 87.1 cm³/mol. The summed E-state index contributed by atoms with van der Waals surface area (Å²) < 4.78 is 0. The Labute approximate surface area is 125 Å². The number of fused-ring (bicyclic) bond motifs is 1. The third-order valence-electron chi connectivity index (χ3n) is 3.38. The highest BCUT2D eigenvalue weighted by Crippen LogP contribution is 2.31. The van der Waals surface area contributed by atoms with Crippen LogP contribution in [0.5, 0.6) is 0 Å². The number of anilines is 1. The number of benzene rings is 2. The van der Waals surface area contributed by atoms with Gasteiger partial charge >= 0.3 is 0 Å². The first kappa shape index (κ1) is 12.1. The summed E-state index contributed by atoms with van der Waals surface area (Å²) in [6, 6.07) is 13.9. The van der Waals surface area contributed by atoms with Gasteiger partial charge in [-0.05, 0) is 24.3 Å². The molecule has 4 nitrogen and oxygen atoms in total. The van der Waals surface area contributed by atoms with Crippen molar-refractivity contribution >= 4 is 28.1 Å². The van der Waals surface area contributed by atoms with Gasteiger partial charge in [-0.3, -0.25) is 0 Å². The lowest BCUT2D eigenvalue weighted by Gasteiger charge is -2.04. The van der Waals surface area contributed by atoms with E-state index in [1.54, 1.807) is 17.5 Å². The highest BCUT2D eigenvalue weighted by molar-refractivity contribution is 7.13. The number of nitrogens with zero attached hydrogens (tertiary/aromatic N) is 2. The zero-order valence-corrected chi connectivity index (χ0v) is 11.9. The van der Waals surface area contributed by atoms with Crippen molar-refractivity contribution < 1.29 is 0 Å². The molecule has 2 aromatic carbocycles. The monoisotopic (exact) mass is 292 g/mol. The minimum Gasteiger partial charge on any atom is -0.398 e. The van der Waals surface area contributed by atoms with Crippen molar-refractivity contribution in [2.45, 2.75) is 0 Å². The number of hydrogen-bond donors (Lipinski definition) is 2. The first-order chi connectivity index (χ1) is 10.3. The molecule has 4 aromatic rings. The fraction of sp³-hybridized carbons (Fsp3) is 0.